The summed E-state index contributed by atoms with van der Waals surface area (Å²) in [5.41, 5.74) is 2.80. The molecular formula is C30H40ClN7O. The van der Waals surface area contributed by atoms with Gasteiger partial charge < -0.3 is 25.4 Å². The number of H-pyrrole nitrogens is 1. The van der Waals surface area contributed by atoms with Crippen LogP contribution in [-0.4, -0.2) is 83.0 Å². The number of aromatic amines is 1. The van der Waals surface area contributed by atoms with E-state index in [4.69, 9.17) is 16.6 Å². The molecule has 9 heteroatoms. The molecule has 1 aliphatic heterocycles. The Kier molecular flexibility index (Phi) is 9.17. The van der Waals surface area contributed by atoms with E-state index in [1.807, 2.05) is 43.4 Å². The Bertz CT molecular complexity index is 1270. The highest BCUT2D eigenvalue weighted by molar-refractivity contribution is 6.33. The number of carbonyl (C=O) groups is 1. The van der Waals surface area contributed by atoms with Crippen LogP contribution in [0.4, 0.5) is 5.95 Å². The largest absolute Gasteiger partial charge is 0.360 e. The van der Waals surface area contributed by atoms with Gasteiger partial charge in [0.2, 0.25) is 11.9 Å². The highest BCUT2D eigenvalue weighted by atomic mass is 35.5. The first-order valence-corrected chi connectivity index (χ1v) is 14.5. The van der Waals surface area contributed by atoms with Crippen LogP contribution in [0.1, 0.15) is 38.5 Å². The summed E-state index contributed by atoms with van der Waals surface area (Å²) in [6.45, 7) is 3.55. The van der Waals surface area contributed by atoms with E-state index >= 15 is 0 Å². The van der Waals surface area contributed by atoms with Gasteiger partial charge in [-0.05, 0) is 71.1 Å². The van der Waals surface area contributed by atoms with Gasteiger partial charge in [-0.2, -0.15) is 0 Å². The number of carbonyl (C=O) groups excluding carboxylic acids is 1. The van der Waals surface area contributed by atoms with E-state index in [1.165, 1.54) is 0 Å². The lowest BCUT2D eigenvalue weighted by molar-refractivity contribution is -0.127. The average Bonchev–Trinajstić information content (AvgIpc) is 3.38. The number of likely N-dealkylation sites (N-methyl/N-ethyl adjacent to an activating group) is 1. The van der Waals surface area contributed by atoms with E-state index in [1.54, 1.807) is 12.3 Å². The first-order chi connectivity index (χ1) is 19.0. The average molecular weight is 550 g/mol. The number of fused-ring (bicyclic) bond motifs is 1. The van der Waals surface area contributed by atoms with Gasteiger partial charge in [0.1, 0.15) is 0 Å². The van der Waals surface area contributed by atoms with Gasteiger partial charge in [-0.25, -0.2) is 9.97 Å². The third-order valence-electron chi connectivity index (χ3n) is 8.00. The van der Waals surface area contributed by atoms with Gasteiger partial charge in [0.25, 0.3) is 0 Å². The molecule has 0 unspecified atom stereocenters. The van der Waals surface area contributed by atoms with E-state index in [0.717, 1.165) is 86.9 Å². The molecule has 5 rings (SSSR count). The molecule has 3 N–H and O–H groups in total. The summed E-state index contributed by atoms with van der Waals surface area (Å²) < 4.78 is 0. The van der Waals surface area contributed by atoms with Crippen molar-refractivity contribution in [2.45, 2.75) is 50.6 Å². The van der Waals surface area contributed by atoms with Crippen molar-refractivity contribution in [3.05, 3.63) is 53.8 Å². The molecule has 1 amide bonds. The van der Waals surface area contributed by atoms with Crippen LogP contribution in [0.3, 0.4) is 0 Å². The number of hydrogen-bond acceptors (Lipinski definition) is 6. The van der Waals surface area contributed by atoms with Crippen LogP contribution in [0.5, 0.6) is 0 Å². The number of hydrogen-bond donors (Lipinski definition) is 3. The lowest BCUT2D eigenvalue weighted by Crippen LogP contribution is -2.43. The zero-order valence-electron chi connectivity index (χ0n) is 23.0. The minimum Gasteiger partial charge on any atom is -0.360 e. The third kappa shape index (κ3) is 7.18. The minimum absolute atomic E-state index is 0.146. The van der Waals surface area contributed by atoms with Crippen molar-refractivity contribution in [3.63, 3.8) is 0 Å². The van der Waals surface area contributed by atoms with Crippen molar-refractivity contribution < 1.29 is 4.79 Å². The van der Waals surface area contributed by atoms with Gasteiger partial charge in [-0.3, -0.25) is 4.79 Å². The summed E-state index contributed by atoms with van der Waals surface area (Å²) >= 11 is 6.50. The number of halogens is 1. The second-order valence-electron chi connectivity index (χ2n) is 11.2. The molecule has 1 aromatic carbocycles. The van der Waals surface area contributed by atoms with Crippen LogP contribution in [0.2, 0.25) is 5.02 Å². The fraction of sp³-hybridized carbons (Fsp3) is 0.500. The maximum Gasteiger partial charge on any atom is 0.246 e. The summed E-state index contributed by atoms with van der Waals surface area (Å²) in [6.07, 6.45) is 13.9. The maximum absolute atomic E-state index is 12.4. The molecular weight excluding hydrogens is 510 g/mol. The molecule has 3 aromatic rings. The van der Waals surface area contributed by atoms with Gasteiger partial charge >= 0.3 is 0 Å². The summed E-state index contributed by atoms with van der Waals surface area (Å²) in [7, 11) is 4.01. The molecule has 3 heterocycles. The van der Waals surface area contributed by atoms with E-state index in [2.05, 4.69) is 37.6 Å². The van der Waals surface area contributed by atoms with E-state index in [9.17, 15) is 4.79 Å². The number of nitrogens with one attached hydrogen (secondary N) is 3. The monoisotopic (exact) mass is 549 g/mol. The molecule has 1 saturated carbocycles. The Labute approximate surface area is 236 Å². The van der Waals surface area contributed by atoms with Gasteiger partial charge in [0.15, 0.2) is 0 Å². The number of anilines is 1. The highest BCUT2D eigenvalue weighted by Gasteiger charge is 2.25. The molecule has 1 aliphatic carbocycles. The minimum atomic E-state index is 0.146. The molecule has 1 saturated heterocycles. The molecule has 39 heavy (non-hydrogen) atoms. The van der Waals surface area contributed by atoms with Gasteiger partial charge in [0, 0.05) is 60.5 Å². The van der Waals surface area contributed by atoms with Crippen molar-refractivity contribution >= 4 is 34.4 Å². The predicted octanol–water partition coefficient (Wildman–Crippen LogP) is 4.95. The Morgan fingerprint density at radius 3 is 2.64 bits per heavy atom. The number of piperidine rings is 1. The number of amides is 1. The van der Waals surface area contributed by atoms with Crippen molar-refractivity contribution in [1.82, 2.24) is 30.1 Å². The fourth-order valence-corrected chi connectivity index (χ4v) is 5.87. The predicted molar refractivity (Wildman–Crippen MR) is 159 cm³/mol. The van der Waals surface area contributed by atoms with Gasteiger partial charge in [-0.15, -0.1) is 0 Å². The lowest BCUT2D eigenvalue weighted by atomic mass is 9.90. The molecule has 0 bridgehead atoms. The second kappa shape index (κ2) is 12.9. The first-order valence-electron chi connectivity index (χ1n) is 14.2. The molecule has 2 aliphatic rings. The highest BCUT2D eigenvalue weighted by Crippen LogP contribution is 2.33. The molecule has 2 fully saturated rings. The Morgan fingerprint density at radius 2 is 1.87 bits per heavy atom. The number of aromatic nitrogens is 3. The Hall–Kier alpha value is -2.94. The van der Waals surface area contributed by atoms with Crippen LogP contribution in [0.25, 0.3) is 22.2 Å². The van der Waals surface area contributed by atoms with Crippen LogP contribution in [-0.2, 0) is 4.79 Å². The number of rotatable bonds is 9. The summed E-state index contributed by atoms with van der Waals surface area (Å²) in [4.78, 5) is 29.0. The number of likely N-dealkylation sites (tertiary alicyclic amines) is 1. The third-order valence-corrected chi connectivity index (χ3v) is 8.28. The molecule has 208 valence electrons. The summed E-state index contributed by atoms with van der Waals surface area (Å²) in [6, 6.07) is 9.07. The van der Waals surface area contributed by atoms with Crippen LogP contribution in [0.15, 0.2) is 48.8 Å². The van der Waals surface area contributed by atoms with Crippen molar-refractivity contribution in [1.29, 1.82) is 0 Å². The zero-order chi connectivity index (χ0) is 27.2. The normalized spacial score (nSPS) is 20.8. The van der Waals surface area contributed by atoms with Crippen LogP contribution >= 0.6 is 11.6 Å². The van der Waals surface area contributed by atoms with E-state index < -0.39 is 0 Å². The summed E-state index contributed by atoms with van der Waals surface area (Å²) in [5.74, 6) is 1.42. The topological polar surface area (TPSA) is 89.2 Å². The molecule has 0 radical (unpaired) electrons. The number of nitrogens with zero attached hydrogens (tertiary/aromatic N) is 4. The maximum atomic E-state index is 12.4. The SMILES string of the molecule is CN(C)C/C=C/C(=O)N1CCC(CN[C@H]2CC[C@@H](Nc3ncc(Cl)c(-c4c[nH]c5ccccc45)n3)CC2)CC1. The lowest BCUT2D eigenvalue weighted by Gasteiger charge is -2.34. The first kappa shape index (κ1) is 27.6. The quantitative estimate of drug-likeness (QED) is 0.327. The Balaban J connectivity index is 1.05. The Morgan fingerprint density at radius 1 is 1.13 bits per heavy atom. The van der Waals surface area contributed by atoms with E-state index in [0.29, 0.717) is 29.0 Å². The smallest absolute Gasteiger partial charge is 0.246 e. The zero-order valence-corrected chi connectivity index (χ0v) is 23.8. The van der Waals surface area contributed by atoms with Crippen molar-refractivity contribution in [2.24, 2.45) is 5.92 Å². The molecule has 0 spiro atoms. The molecule has 0 atom stereocenters. The molecule has 8 nitrogen and oxygen atoms in total. The van der Waals surface area contributed by atoms with Gasteiger partial charge in [0.05, 0.1) is 16.9 Å². The van der Waals surface area contributed by atoms with Gasteiger partial charge in [-0.1, -0.05) is 35.9 Å². The van der Waals surface area contributed by atoms with Crippen LogP contribution in [0, 0.1) is 5.92 Å². The fourth-order valence-electron chi connectivity index (χ4n) is 5.68. The van der Waals surface area contributed by atoms with E-state index in [-0.39, 0.29) is 5.91 Å². The summed E-state index contributed by atoms with van der Waals surface area (Å²) in [5, 5.41) is 9.02. The standard InChI is InChI=1S/C30H40ClN7O/c1-37(2)15-5-8-28(39)38-16-13-21(14-17-38)18-32-22-9-11-23(12-10-22)35-30-34-20-26(31)29(36-30)25-19-33-27-7-4-3-6-24(25)27/h3-8,19-23,32-33H,9-18H2,1-2H3,(H,34,35,36)/b8-5+/t22-,23+. The number of benzene rings is 1. The van der Waals surface area contributed by atoms with Crippen molar-refractivity contribution in [2.75, 3.05) is 45.6 Å². The van der Waals surface area contributed by atoms with Crippen molar-refractivity contribution in [3.8, 4) is 11.3 Å². The number of para-hydroxylation sites is 1. The van der Waals surface area contributed by atoms with Crippen LogP contribution < -0.4 is 10.6 Å². The molecule has 2 aromatic heterocycles. The second-order valence-corrected chi connectivity index (χ2v) is 11.6.